The molecule has 5 aromatic rings. The van der Waals surface area contributed by atoms with Gasteiger partial charge in [0.15, 0.2) is 0 Å². The molecule has 1 heterocycles. The van der Waals surface area contributed by atoms with Crippen LogP contribution in [0.3, 0.4) is 0 Å². The van der Waals surface area contributed by atoms with E-state index in [1.54, 1.807) is 6.07 Å². The number of nitrogens with one attached hydrogen (secondary N) is 1. The summed E-state index contributed by atoms with van der Waals surface area (Å²) in [5.74, 6) is 0. The first-order valence-electron chi connectivity index (χ1n) is 12.5. The van der Waals surface area contributed by atoms with Crippen molar-refractivity contribution in [3.05, 3.63) is 145 Å². The molecule has 7 heteroatoms. The fourth-order valence-electron chi connectivity index (χ4n) is 4.30. The van der Waals surface area contributed by atoms with E-state index in [1.807, 2.05) is 114 Å². The van der Waals surface area contributed by atoms with E-state index in [1.165, 1.54) is 12.3 Å². The molecule has 0 saturated heterocycles. The molecule has 0 fully saturated rings. The number of anilines is 3. The number of halogens is 3. The summed E-state index contributed by atoms with van der Waals surface area (Å²) >= 11 is 0. The monoisotopic (exact) mass is 534 g/mol. The molecular weight excluding hydrogens is 509 g/mol. The number of alkyl halides is 3. The van der Waals surface area contributed by atoms with Crippen LogP contribution in [0.1, 0.15) is 5.69 Å². The third-order valence-corrected chi connectivity index (χ3v) is 6.37. The average Bonchev–Trinajstić information content (AvgIpc) is 2.99. The molecule has 0 radical (unpaired) electrons. The number of pyridine rings is 1. The van der Waals surface area contributed by atoms with Crippen LogP contribution >= 0.6 is 0 Å². The molecule has 0 aliphatic carbocycles. The molecule has 0 saturated carbocycles. The first-order valence-corrected chi connectivity index (χ1v) is 12.5. The van der Waals surface area contributed by atoms with Gasteiger partial charge in [-0.15, -0.1) is 0 Å². The van der Waals surface area contributed by atoms with Gasteiger partial charge in [0.25, 0.3) is 0 Å². The maximum absolute atomic E-state index is 12.8. The first kappa shape index (κ1) is 26.4. The summed E-state index contributed by atoms with van der Waals surface area (Å²) in [5.41, 5.74) is 10.2. The molecule has 0 unspecified atom stereocenters. The highest BCUT2D eigenvalue weighted by Gasteiger charge is 2.31. The minimum Gasteiger partial charge on any atom is -0.395 e. The number of hydrogen-bond acceptors (Lipinski definition) is 4. The quantitative estimate of drug-likeness (QED) is 0.205. The Labute approximate surface area is 230 Å². The summed E-state index contributed by atoms with van der Waals surface area (Å²) in [4.78, 5) is 6.29. The van der Waals surface area contributed by atoms with E-state index in [-0.39, 0.29) is 5.69 Å². The lowest BCUT2D eigenvalue weighted by Crippen LogP contribution is -2.21. The molecule has 4 nitrogen and oxygen atoms in total. The molecule has 4 aromatic carbocycles. The standard InChI is InChI=1S/C33H25F3N4/c34-33(35,36)32(38)21-30(37)31-20-19-29(22-39-31)40(27-15-11-25(12-16-27)23-7-3-1-4-8-23)28-17-13-26(14-18-28)24-9-5-2-6-10-24/h1-22,37H,38H2. The summed E-state index contributed by atoms with van der Waals surface area (Å²) in [6.07, 6.45) is -2.59. The molecule has 198 valence electrons. The summed E-state index contributed by atoms with van der Waals surface area (Å²) in [6.45, 7) is 0. The van der Waals surface area contributed by atoms with Gasteiger partial charge in [-0.3, -0.25) is 10.4 Å². The SMILES string of the molecule is N=C(C=C(N)C(F)(F)F)c1ccc(N(c2ccc(-c3ccccc3)cc2)c2ccc(-c3ccccc3)cc2)cn1. The second-order valence-electron chi connectivity index (χ2n) is 9.07. The third-order valence-electron chi connectivity index (χ3n) is 6.37. The highest BCUT2D eigenvalue weighted by Crippen LogP contribution is 2.36. The van der Waals surface area contributed by atoms with Crippen LogP contribution in [-0.4, -0.2) is 16.9 Å². The lowest BCUT2D eigenvalue weighted by atomic mass is 10.0. The molecule has 0 aliphatic heterocycles. The minimum absolute atomic E-state index is 0.0785. The lowest BCUT2D eigenvalue weighted by Gasteiger charge is -2.25. The lowest BCUT2D eigenvalue weighted by molar-refractivity contribution is -0.0925. The number of rotatable bonds is 7. The van der Waals surface area contributed by atoms with Crippen molar-refractivity contribution in [2.45, 2.75) is 6.18 Å². The van der Waals surface area contributed by atoms with Crippen molar-refractivity contribution < 1.29 is 13.2 Å². The van der Waals surface area contributed by atoms with Crippen LogP contribution in [0.4, 0.5) is 30.2 Å². The zero-order valence-corrected chi connectivity index (χ0v) is 21.3. The van der Waals surface area contributed by atoms with Crippen LogP contribution < -0.4 is 10.6 Å². The number of benzene rings is 4. The minimum atomic E-state index is -4.71. The van der Waals surface area contributed by atoms with E-state index in [9.17, 15) is 13.2 Å². The highest BCUT2D eigenvalue weighted by atomic mass is 19.4. The molecular formula is C33H25F3N4. The van der Waals surface area contributed by atoms with Crippen molar-refractivity contribution in [2.75, 3.05) is 4.90 Å². The van der Waals surface area contributed by atoms with Crippen LogP contribution in [-0.2, 0) is 0 Å². The topological polar surface area (TPSA) is 66.0 Å². The smallest absolute Gasteiger partial charge is 0.395 e. The summed E-state index contributed by atoms with van der Waals surface area (Å²) < 4.78 is 38.5. The van der Waals surface area contributed by atoms with Gasteiger partial charge >= 0.3 is 6.18 Å². The fourth-order valence-corrected chi connectivity index (χ4v) is 4.30. The van der Waals surface area contributed by atoms with Crippen molar-refractivity contribution in [1.29, 1.82) is 5.41 Å². The van der Waals surface area contributed by atoms with Gasteiger partial charge in [0.1, 0.15) is 5.70 Å². The molecule has 0 aliphatic rings. The number of aromatic nitrogens is 1. The second-order valence-corrected chi connectivity index (χ2v) is 9.07. The zero-order chi connectivity index (χ0) is 28.1. The second kappa shape index (κ2) is 11.3. The molecule has 1 aromatic heterocycles. The van der Waals surface area contributed by atoms with E-state index >= 15 is 0 Å². The van der Waals surface area contributed by atoms with Crippen molar-refractivity contribution in [3.8, 4) is 22.3 Å². The van der Waals surface area contributed by atoms with Gasteiger partial charge in [0.05, 0.1) is 23.3 Å². The maximum atomic E-state index is 12.8. The first-order chi connectivity index (χ1) is 19.3. The number of allylic oxidation sites excluding steroid dienone is 2. The fraction of sp³-hybridized carbons (Fsp3) is 0.0303. The summed E-state index contributed by atoms with van der Waals surface area (Å²) in [5, 5.41) is 8.02. The highest BCUT2D eigenvalue weighted by molar-refractivity contribution is 6.05. The third kappa shape index (κ3) is 5.94. The van der Waals surface area contributed by atoms with E-state index in [0.717, 1.165) is 33.6 Å². The van der Waals surface area contributed by atoms with Gasteiger partial charge in [-0.05, 0) is 64.7 Å². The van der Waals surface area contributed by atoms with E-state index in [2.05, 4.69) is 4.98 Å². The normalized spacial score (nSPS) is 11.7. The zero-order valence-electron chi connectivity index (χ0n) is 21.3. The Morgan fingerprint density at radius 2 is 1.05 bits per heavy atom. The van der Waals surface area contributed by atoms with Crippen LogP contribution in [0.2, 0.25) is 0 Å². The van der Waals surface area contributed by atoms with Gasteiger partial charge in [-0.2, -0.15) is 13.2 Å². The molecule has 0 amide bonds. The molecule has 0 atom stereocenters. The van der Waals surface area contributed by atoms with Crippen molar-refractivity contribution in [1.82, 2.24) is 4.98 Å². The molecule has 40 heavy (non-hydrogen) atoms. The summed E-state index contributed by atoms with van der Waals surface area (Å²) in [7, 11) is 0. The molecule has 0 bridgehead atoms. The average molecular weight is 535 g/mol. The van der Waals surface area contributed by atoms with Crippen molar-refractivity contribution in [2.24, 2.45) is 5.73 Å². The van der Waals surface area contributed by atoms with Crippen molar-refractivity contribution in [3.63, 3.8) is 0 Å². The van der Waals surface area contributed by atoms with Crippen LogP contribution in [0.5, 0.6) is 0 Å². The number of nitrogens with zero attached hydrogens (tertiary/aromatic N) is 2. The largest absolute Gasteiger partial charge is 0.430 e. The summed E-state index contributed by atoms with van der Waals surface area (Å²) in [6, 6.07) is 39.6. The van der Waals surface area contributed by atoms with Crippen LogP contribution in [0, 0.1) is 5.41 Å². The number of nitrogens with two attached hydrogens (primary N) is 1. The van der Waals surface area contributed by atoms with Gasteiger partial charge < -0.3 is 10.6 Å². The van der Waals surface area contributed by atoms with Gasteiger partial charge in [0, 0.05) is 11.4 Å². The van der Waals surface area contributed by atoms with E-state index in [0.29, 0.717) is 11.8 Å². The van der Waals surface area contributed by atoms with Crippen LogP contribution in [0.15, 0.2) is 139 Å². The Morgan fingerprint density at radius 3 is 1.45 bits per heavy atom. The predicted octanol–water partition coefficient (Wildman–Crippen LogP) is 8.66. The Bertz CT molecular complexity index is 1530. The van der Waals surface area contributed by atoms with Gasteiger partial charge in [0.2, 0.25) is 0 Å². The van der Waals surface area contributed by atoms with E-state index < -0.39 is 17.6 Å². The Morgan fingerprint density at radius 1 is 0.625 bits per heavy atom. The molecule has 5 rings (SSSR count). The predicted molar refractivity (Wildman–Crippen MR) is 155 cm³/mol. The van der Waals surface area contributed by atoms with Gasteiger partial charge in [-0.1, -0.05) is 84.9 Å². The molecule has 0 spiro atoms. The number of hydrogen-bond donors (Lipinski definition) is 2. The van der Waals surface area contributed by atoms with Crippen molar-refractivity contribution >= 4 is 22.8 Å². The van der Waals surface area contributed by atoms with Crippen LogP contribution in [0.25, 0.3) is 22.3 Å². The van der Waals surface area contributed by atoms with E-state index in [4.69, 9.17) is 11.1 Å². The Hall–Kier alpha value is -5.17. The van der Waals surface area contributed by atoms with Gasteiger partial charge in [-0.25, -0.2) is 0 Å². The molecule has 3 N–H and O–H groups in total. The Kier molecular flexibility index (Phi) is 7.46. The Balaban J connectivity index is 1.51. The maximum Gasteiger partial charge on any atom is 0.430 e.